The molecule has 2 heterocycles. The number of nitrogens with zero attached hydrogens (tertiary/aromatic N) is 3. The van der Waals surface area contributed by atoms with Gasteiger partial charge in [0.25, 0.3) is 5.69 Å². The van der Waals surface area contributed by atoms with E-state index >= 15 is 0 Å². The van der Waals surface area contributed by atoms with Gasteiger partial charge < -0.3 is 4.90 Å². The Balaban J connectivity index is 1.58. The summed E-state index contributed by atoms with van der Waals surface area (Å²) in [4.78, 5) is 13.3. The Morgan fingerprint density at radius 2 is 1.75 bits per heavy atom. The number of anilines is 1. The van der Waals surface area contributed by atoms with Crippen LogP contribution in [0.4, 0.5) is 11.4 Å². The van der Waals surface area contributed by atoms with Crippen LogP contribution in [0.1, 0.15) is 30.4 Å². The Morgan fingerprint density at radius 3 is 2.50 bits per heavy atom. The zero-order valence-electron chi connectivity index (χ0n) is 15.6. The van der Waals surface area contributed by atoms with Gasteiger partial charge in [-0.2, -0.15) is 4.31 Å². The first kappa shape index (κ1) is 18.9. The van der Waals surface area contributed by atoms with Crippen LogP contribution in [-0.4, -0.2) is 37.3 Å². The van der Waals surface area contributed by atoms with Crippen LogP contribution in [0.5, 0.6) is 0 Å². The van der Waals surface area contributed by atoms with E-state index in [2.05, 4.69) is 4.90 Å². The molecule has 0 bridgehead atoms. The molecule has 0 atom stereocenters. The molecule has 1 fully saturated rings. The maximum Gasteiger partial charge on any atom is 0.274 e. The summed E-state index contributed by atoms with van der Waals surface area (Å²) < 4.78 is 27.4. The number of rotatable bonds is 5. The lowest BCUT2D eigenvalue weighted by Crippen LogP contribution is -2.35. The third kappa shape index (κ3) is 3.49. The molecule has 148 valence electrons. The topological polar surface area (TPSA) is 83.8 Å². The van der Waals surface area contributed by atoms with Crippen LogP contribution in [0, 0.1) is 10.1 Å². The van der Waals surface area contributed by atoms with Crippen molar-refractivity contribution in [3.05, 3.63) is 63.7 Å². The molecule has 0 N–H and O–H groups in total. The van der Waals surface area contributed by atoms with E-state index < -0.39 is 10.0 Å². The van der Waals surface area contributed by atoms with E-state index in [1.165, 1.54) is 6.07 Å². The maximum atomic E-state index is 12.9. The van der Waals surface area contributed by atoms with E-state index in [-0.39, 0.29) is 10.6 Å². The second kappa shape index (κ2) is 7.52. The Morgan fingerprint density at radius 1 is 1.00 bits per heavy atom. The number of fused-ring (bicyclic) bond motifs is 1. The van der Waals surface area contributed by atoms with E-state index in [9.17, 15) is 18.5 Å². The highest BCUT2D eigenvalue weighted by Crippen LogP contribution is 2.33. The van der Waals surface area contributed by atoms with E-state index in [1.807, 2.05) is 6.07 Å². The molecular formula is C20H23N3O4S. The van der Waals surface area contributed by atoms with Gasteiger partial charge in [0.15, 0.2) is 0 Å². The average Bonchev–Trinajstić information content (AvgIpc) is 3.11. The number of hydrogen-bond acceptors (Lipinski definition) is 5. The SMILES string of the molecule is O=[N+]([O-])c1ccccc1CN1CCc2cc(S(=O)(=O)N3CCCCC3)ccc21. The highest BCUT2D eigenvalue weighted by molar-refractivity contribution is 7.89. The number of piperidine rings is 1. The summed E-state index contributed by atoms with van der Waals surface area (Å²) >= 11 is 0. The predicted octanol–water partition coefficient (Wildman–Crippen LogP) is 3.33. The fourth-order valence-corrected chi connectivity index (χ4v) is 5.62. The highest BCUT2D eigenvalue weighted by atomic mass is 32.2. The molecule has 0 unspecified atom stereocenters. The van der Waals surface area contributed by atoms with Gasteiger partial charge in [0, 0.05) is 43.5 Å². The summed E-state index contributed by atoms with van der Waals surface area (Å²) in [6, 6.07) is 12.0. The Kier molecular flexibility index (Phi) is 5.07. The molecule has 8 heteroatoms. The van der Waals surface area contributed by atoms with Crippen LogP contribution in [0.15, 0.2) is 47.4 Å². The maximum absolute atomic E-state index is 12.9. The van der Waals surface area contributed by atoms with Gasteiger partial charge in [-0.25, -0.2) is 8.42 Å². The lowest BCUT2D eigenvalue weighted by Gasteiger charge is -2.26. The minimum Gasteiger partial charge on any atom is -0.366 e. The molecule has 2 aliphatic heterocycles. The van der Waals surface area contributed by atoms with Crippen molar-refractivity contribution in [2.45, 2.75) is 37.1 Å². The molecule has 0 radical (unpaired) electrons. The van der Waals surface area contributed by atoms with Gasteiger partial charge in [-0.15, -0.1) is 0 Å². The largest absolute Gasteiger partial charge is 0.366 e. The van der Waals surface area contributed by atoms with E-state index in [0.29, 0.717) is 36.6 Å². The number of para-hydroxylation sites is 1. The van der Waals surface area contributed by atoms with Gasteiger partial charge in [-0.3, -0.25) is 10.1 Å². The predicted molar refractivity (Wildman–Crippen MR) is 107 cm³/mol. The van der Waals surface area contributed by atoms with Gasteiger partial charge in [-0.1, -0.05) is 24.6 Å². The molecule has 2 aromatic rings. The fourth-order valence-electron chi connectivity index (χ4n) is 4.05. The molecule has 7 nitrogen and oxygen atoms in total. The van der Waals surface area contributed by atoms with E-state index in [0.717, 1.165) is 36.9 Å². The summed E-state index contributed by atoms with van der Waals surface area (Å²) in [5, 5.41) is 11.3. The van der Waals surface area contributed by atoms with Gasteiger partial charge in [0.1, 0.15) is 0 Å². The molecule has 0 saturated carbocycles. The number of benzene rings is 2. The highest BCUT2D eigenvalue weighted by Gasteiger charge is 2.29. The lowest BCUT2D eigenvalue weighted by atomic mass is 10.1. The number of nitro groups is 1. The summed E-state index contributed by atoms with van der Waals surface area (Å²) in [6.07, 6.45) is 3.64. The van der Waals surface area contributed by atoms with Crippen molar-refractivity contribution in [1.29, 1.82) is 0 Å². The third-order valence-corrected chi connectivity index (χ3v) is 7.44. The van der Waals surface area contributed by atoms with Crippen molar-refractivity contribution < 1.29 is 13.3 Å². The molecule has 2 aromatic carbocycles. The number of sulfonamides is 1. The normalized spacial score (nSPS) is 17.5. The van der Waals surface area contributed by atoms with Gasteiger partial charge in [0.05, 0.1) is 9.82 Å². The summed E-state index contributed by atoms with van der Waals surface area (Å²) in [5.41, 5.74) is 2.71. The van der Waals surface area contributed by atoms with E-state index in [1.54, 1.807) is 34.6 Å². The minimum atomic E-state index is -3.45. The van der Waals surface area contributed by atoms with Crippen LogP contribution in [0.3, 0.4) is 0 Å². The third-order valence-electron chi connectivity index (χ3n) is 5.55. The van der Waals surface area contributed by atoms with Crippen molar-refractivity contribution in [2.24, 2.45) is 0 Å². The Labute approximate surface area is 164 Å². The van der Waals surface area contributed by atoms with Crippen LogP contribution < -0.4 is 4.90 Å². The summed E-state index contributed by atoms with van der Waals surface area (Å²) in [5.74, 6) is 0. The molecule has 0 spiro atoms. The minimum absolute atomic E-state index is 0.111. The molecule has 2 aliphatic rings. The lowest BCUT2D eigenvalue weighted by molar-refractivity contribution is -0.385. The molecular weight excluding hydrogens is 378 g/mol. The molecule has 1 saturated heterocycles. The molecule has 0 amide bonds. The van der Waals surface area contributed by atoms with Crippen molar-refractivity contribution in [1.82, 2.24) is 4.31 Å². The summed E-state index contributed by atoms with van der Waals surface area (Å²) in [7, 11) is -3.45. The summed E-state index contributed by atoms with van der Waals surface area (Å²) in [6.45, 7) is 2.32. The first-order valence-electron chi connectivity index (χ1n) is 9.57. The van der Waals surface area contributed by atoms with Crippen molar-refractivity contribution >= 4 is 21.4 Å². The molecule has 0 aliphatic carbocycles. The van der Waals surface area contributed by atoms with E-state index in [4.69, 9.17) is 0 Å². The second-order valence-electron chi connectivity index (χ2n) is 7.31. The fraction of sp³-hybridized carbons (Fsp3) is 0.400. The van der Waals surface area contributed by atoms with Crippen molar-refractivity contribution in [3.63, 3.8) is 0 Å². The number of nitro benzene ring substituents is 1. The van der Waals surface area contributed by atoms with Crippen LogP contribution in [0.2, 0.25) is 0 Å². The zero-order chi connectivity index (χ0) is 19.7. The van der Waals surface area contributed by atoms with Crippen LogP contribution in [-0.2, 0) is 23.0 Å². The molecule has 4 rings (SSSR count). The van der Waals surface area contributed by atoms with Gasteiger partial charge >= 0.3 is 0 Å². The zero-order valence-corrected chi connectivity index (χ0v) is 16.4. The molecule has 0 aromatic heterocycles. The van der Waals surface area contributed by atoms with Crippen LogP contribution in [0.25, 0.3) is 0 Å². The van der Waals surface area contributed by atoms with Crippen LogP contribution >= 0.6 is 0 Å². The Bertz CT molecular complexity index is 1000. The first-order valence-corrected chi connectivity index (χ1v) is 11.0. The monoisotopic (exact) mass is 401 g/mol. The smallest absolute Gasteiger partial charge is 0.274 e. The van der Waals surface area contributed by atoms with Crippen molar-refractivity contribution in [3.8, 4) is 0 Å². The number of hydrogen-bond donors (Lipinski definition) is 0. The Hall–Kier alpha value is -2.45. The average molecular weight is 401 g/mol. The second-order valence-corrected chi connectivity index (χ2v) is 9.25. The van der Waals surface area contributed by atoms with Gasteiger partial charge in [-0.05, 0) is 43.0 Å². The first-order chi connectivity index (χ1) is 13.5. The standard InChI is InChI=1S/C20H23N3O4S/c24-23(25)20-7-3-2-6-17(20)15-21-13-10-16-14-18(8-9-19(16)21)28(26,27)22-11-4-1-5-12-22/h2-3,6-9,14H,1,4-5,10-13,15H2. The van der Waals surface area contributed by atoms with Crippen molar-refractivity contribution in [2.75, 3.05) is 24.5 Å². The molecule has 28 heavy (non-hydrogen) atoms. The van der Waals surface area contributed by atoms with Gasteiger partial charge in [0.2, 0.25) is 10.0 Å². The quantitative estimate of drug-likeness (QED) is 0.567.